The average Bonchev–Trinajstić information content (AvgIpc) is 2.43. The fourth-order valence-electron chi connectivity index (χ4n) is 2.14. The summed E-state index contributed by atoms with van der Waals surface area (Å²) in [7, 11) is 0. The van der Waals surface area contributed by atoms with Crippen molar-refractivity contribution >= 4 is 23.0 Å². The molecule has 6 heteroatoms. The molecule has 0 aliphatic heterocycles. The van der Waals surface area contributed by atoms with E-state index in [-0.39, 0.29) is 11.5 Å². The molecule has 0 radical (unpaired) electrons. The minimum Gasteiger partial charge on any atom is -0.375 e. The van der Waals surface area contributed by atoms with Crippen molar-refractivity contribution < 1.29 is 9.31 Å². The Bertz CT molecular complexity index is 681. The van der Waals surface area contributed by atoms with Gasteiger partial charge in [-0.25, -0.2) is 4.39 Å². The molecule has 0 spiro atoms. The average molecular weight is 309 g/mol. The van der Waals surface area contributed by atoms with Gasteiger partial charge in [-0.1, -0.05) is 23.7 Å². The summed E-state index contributed by atoms with van der Waals surface area (Å²) in [5.41, 5.74) is 2.26. The van der Waals surface area contributed by atoms with Crippen molar-refractivity contribution in [1.82, 2.24) is 0 Å². The van der Waals surface area contributed by atoms with Gasteiger partial charge in [0.2, 0.25) is 0 Å². The molecule has 2 rings (SSSR count). The van der Waals surface area contributed by atoms with Gasteiger partial charge in [0.05, 0.1) is 4.92 Å². The Morgan fingerprint density at radius 1 is 1.24 bits per heavy atom. The lowest BCUT2D eigenvalue weighted by atomic mass is 10.1. The molecule has 0 fully saturated rings. The quantitative estimate of drug-likeness (QED) is 0.662. The maximum absolute atomic E-state index is 13.6. The highest BCUT2D eigenvalue weighted by molar-refractivity contribution is 6.30. The first-order valence-corrected chi connectivity index (χ1v) is 6.69. The second-order valence-electron chi connectivity index (χ2n) is 4.82. The second kappa shape index (κ2) is 6.10. The van der Waals surface area contributed by atoms with Gasteiger partial charge in [-0.3, -0.25) is 10.1 Å². The molecule has 0 saturated carbocycles. The largest absolute Gasteiger partial charge is 0.375 e. The van der Waals surface area contributed by atoms with Gasteiger partial charge in [0.25, 0.3) is 5.69 Å². The van der Waals surface area contributed by atoms with Crippen LogP contribution in [0.15, 0.2) is 30.3 Å². The number of hydrogen-bond acceptors (Lipinski definition) is 3. The number of anilines is 1. The highest BCUT2D eigenvalue weighted by Gasteiger charge is 2.14. The molecule has 110 valence electrons. The SMILES string of the molecule is Cc1cc(CNc2ccc(Cl)cc2[N+](=O)[O-])cc(C)c1F. The summed E-state index contributed by atoms with van der Waals surface area (Å²) in [6, 6.07) is 7.88. The summed E-state index contributed by atoms with van der Waals surface area (Å²) in [6.45, 7) is 3.75. The predicted molar refractivity (Wildman–Crippen MR) is 81.3 cm³/mol. The van der Waals surface area contributed by atoms with E-state index < -0.39 is 4.92 Å². The molecule has 4 nitrogen and oxygen atoms in total. The summed E-state index contributed by atoms with van der Waals surface area (Å²) in [5.74, 6) is -0.226. The molecule has 0 atom stereocenters. The fourth-order valence-corrected chi connectivity index (χ4v) is 2.31. The zero-order valence-corrected chi connectivity index (χ0v) is 12.4. The van der Waals surface area contributed by atoms with Crippen molar-refractivity contribution in [3.05, 3.63) is 68.0 Å². The van der Waals surface area contributed by atoms with E-state index in [0.29, 0.717) is 28.4 Å². The Balaban J connectivity index is 2.22. The van der Waals surface area contributed by atoms with Gasteiger partial charge >= 0.3 is 0 Å². The summed E-state index contributed by atoms with van der Waals surface area (Å²) >= 11 is 5.76. The number of nitrogens with zero attached hydrogens (tertiary/aromatic N) is 1. The predicted octanol–water partition coefficient (Wildman–Crippen LogP) is 4.62. The highest BCUT2D eigenvalue weighted by atomic mass is 35.5. The van der Waals surface area contributed by atoms with Crippen LogP contribution in [-0.4, -0.2) is 4.92 Å². The van der Waals surface area contributed by atoms with E-state index in [1.165, 1.54) is 6.07 Å². The third-order valence-corrected chi connectivity index (χ3v) is 3.37. The Morgan fingerprint density at radius 3 is 2.43 bits per heavy atom. The Hall–Kier alpha value is -2.14. The second-order valence-corrected chi connectivity index (χ2v) is 5.25. The van der Waals surface area contributed by atoms with Gasteiger partial charge < -0.3 is 5.32 Å². The van der Waals surface area contributed by atoms with Crippen LogP contribution >= 0.6 is 11.6 Å². The van der Waals surface area contributed by atoms with Crippen molar-refractivity contribution in [2.24, 2.45) is 0 Å². The maximum Gasteiger partial charge on any atom is 0.293 e. The Kier molecular flexibility index (Phi) is 4.43. The maximum atomic E-state index is 13.6. The van der Waals surface area contributed by atoms with Gasteiger partial charge in [0.1, 0.15) is 11.5 Å². The van der Waals surface area contributed by atoms with Crippen LogP contribution in [0.5, 0.6) is 0 Å². The molecule has 0 aliphatic carbocycles. The molecule has 1 N–H and O–H groups in total. The van der Waals surface area contributed by atoms with Crippen LogP contribution < -0.4 is 5.32 Å². The summed E-state index contributed by atoms with van der Waals surface area (Å²) in [5, 5.41) is 14.3. The van der Waals surface area contributed by atoms with Crippen LogP contribution in [0.4, 0.5) is 15.8 Å². The van der Waals surface area contributed by atoms with Crippen LogP contribution in [0.2, 0.25) is 5.02 Å². The van der Waals surface area contributed by atoms with E-state index in [9.17, 15) is 14.5 Å². The van der Waals surface area contributed by atoms with E-state index in [2.05, 4.69) is 5.32 Å². The van der Waals surface area contributed by atoms with Crippen LogP contribution in [0, 0.1) is 29.8 Å². The molecule has 0 amide bonds. The first-order valence-electron chi connectivity index (χ1n) is 6.32. The number of halogens is 2. The van der Waals surface area contributed by atoms with Crippen LogP contribution in [0.1, 0.15) is 16.7 Å². The van der Waals surface area contributed by atoms with E-state index in [1.54, 1.807) is 38.1 Å². The molecule has 0 aliphatic rings. The van der Waals surface area contributed by atoms with Crippen LogP contribution in [0.3, 0.4) is 0 Å². The number of aryl methyl sites for hydroxylation is 2. The van der Waals surface area contributed by atoms with E-state index in [0.717, 1.165) is 5.56 Å². The fraction of sp³-hybridized carbons (Fsp3) is 0.200. The Labute approximate surface area is 126 Å². The third kappa shape index (κ3) is 3.49. The van der Waals surface area contributed by atoms with Crippen LogP contribution in [-0.2, 0) is 6.54 Å². The molecular formula is C15H14ClFN2O2. The standard InChI is InChI=1S/C15H14ClFN2O2/c1-9-5-11(6-10(2)15(9)17)8-18-13-4-3-12(16)7-14(13)19(20)21/h3-7,18H,8H2,1-2H3. The number of rotatable bonds is 4. The van der Waals surface area contributed by atoms with Gasteiger partial charge in [0.15, 0.2) is 0 Å². The smallest absolute Gasteiger partial charge is 0.293 e. The molecule has 2 aromatic rings. The van der Waals surface area contributed by atoms with Crippen molar-refractivity contribution in [3.8, 4) is 0 Å². The van der Waals surface area contributed by atoms with E-state index in [4.69, 9.17) is 11.6 Å². The molecule has 0 saturated heterocycles. The van der Waals surface area contributed by atoms with Crippen LogP contribution in [0.25, 0.3) is 0 Å². The van der Waals surface area contributed by atoms with Crippen molar-refractivity contribution in [1.29, 1.82) is 0 Å². The lowest BCUT2D eigenvalue weighted by Crippen LogP contribution is -2.04. The molecular weight excluding hydrogens is 295 g/mol. The minimum atomic E-state index is -0.491. The summed E-state index contributed by atoms with van der Waals surface area (Å²) < 4.78 is 13.6. The summed E-state index contributed by atoms with van der Waals surface area (Å²) in [4.78, 5) is 10.5. The lowest BCUT2D eigenvalue weighted by molar-refractivity contribution is -0.383. The van der Waals surface area contributed by atoms with Crippen molar-refractivity contribution in [3.63, 3.8) is 0 Å². The van der Waals surface area contributed by atoms with Gasteiger partial charge in [0, 0.05) is 17.6 Å². The zero-order chi connectivity index (χ0) is 15.6. The first kappa shape index (κ1) is 15.3. The number of nitro groups is 1. The topological polar surface area (TPSA) is 55.2 Å². The number of benzene rings is 2. The van der Waals surface area contributed by atoms with Gasteiger partial charge in [-0.05, 0) is 42.7 Å². The lowest BCUT2D eigenvalue weighted by Gasteiger charge is -2.10. The minimum absolute atomic E-state index is 0.0851. The van der Waals surface area contributed by atoms with Crippen molar-refractivity contribution in [2.75, 3.05) is 5.32 Å². The Morgan fingerprint density at radius 2 is 1.86 bits per heavy atom. The van der Waals surface area contributed by atoms with Gasteiger partial charge in [-0.2, -0.15) is 0 Å². The normalized spacial score (nSPS) is 10.5. The number of nitro benzene ring substituents is 1. The molecule has 0 bridgehead atoms. The van der Waals surface area contributed by atoms with E-state index in [1.807, 2.05) is 0 Å². The van der Waals surface area contributed by atoms with Gasteiger partial charge in [-0.15, -0.1) is 0 Å². The molecule has 21 heavy (non-hydrogen) atoms. The zero-order valence-electron chi connectivity index (χ0n) is 11.6. The number of nitrogens with one attached hydrogen (secondary N) is 1. The number of hydrogen-bond donors (Lipinski definition) is 1. The van der Waals surface area contributed by atoms with E-state index >= 15 is 0 Å². The highest BCUT2D eigenvalue weighted by Crippen LogP contribution is 2.28. The molecule has 2 aromatic carbocycles. The molecule has 0 aromatic heterocycles. The molecule has 0 heterocycles. The third-order valence-electron chi connectivity index (χ3n) is 3.14. The summed E-state index contributed by atoms with van der Waals surface area (Å²) in [6.07, 6.45) is 0. The monoisotopic (exact) mass is 308 g/mol. The first-order chi connectivity index (χ1) is 9.88. The molecule has 0 unspecified atom stereocenters. The van der Waals surface area contributed by atoms with Crippen molar-refractivity contribution in [2.45, 2.75) is 20.4 Å².